The molecular weight excluding hydrogens is 309 g/mol. The van der Waals surface area contributed by atoms with E-state index in [-0.39, 0.29) is 29.0 Å². The Morgan fingerprint density at radius 2 is 2.00 bits per heavy atom. The largest absolute Gasteiger partial charge is 0.335 e. The second-order valence-corrected chi connectivity index (χ2v) is 6.98. The van der Waals surface area contributed by atoms with Crippen LogP contribution in [-0.2, 0) is 0 Å². The summed E-state index contributed by atoms with van der Waals surface area (Å²) in [7, 11) is 0. The van der Waals surface area contributed by atoms with E-state index in [2.05, 4.69) is 23.9 Å². The van der Waals surface area contributed by atoms with Gasteiger partial charge in [0.2, 0.25) is 5.82 Å². The molecule has 1 amide bonds. The van der Waals surface area contributed by atoms with E-state index >= 15 is 0 Å². The van der Waals surface area contributed by atoms with Crippen molar-refractivity contribution in [1.82, 2.24) is 19.7 Å². The van der Waals surface area contributed by atoms with E-state index in [9.17, 15) is 9.18 Å². The number of carbonyl (C=O) groups is 1. The maximum Gasteiger partial charge on any atom is 0.293 e. The smallest absolute Gasteiger partial charge is 0.293 e. The summed E-state index contributed by atoms with van der Waals surface area (Å²) in [5, 5.41) is 4.31. The molecule has 2 N–H and O–H groups in total. The average Bonchev–Trinajstić information content (AvgIpc) is 2.92. The Morgan fingerprint density at radius 3 is 2.62 bits per heavy atom. The zero-order valence-electron chi connectivity index (χ0n) is 14.2. The van der Waals surface area contributed by atoms with E-state index in [0.29, 0.717) is 24.6 Å². The molecule has 1 aromatic heterocycles. The SMILES string of the molecule is Cc1nc(C(=O)N2CCC(N)C(C)(C)C2)nn1-c1ccc(F)cc1. The number of amides is 1. The third-order valence-electron chi connectivity index (χ3n) is 4.63. The molecule has 7 heteroatoms. The summed E-state index contributed by atoms with van der Waals surface area (Å²) in [4.78, 5) is 18.8. The van der Waals surface area contributed by atoms with Gasteiger partial charge in [-0.3, -0.25) is 4.79 Å². The molecule has 0 spiro atoms. The van der Waals surface area contributed by atoms with Crippen molar-refractivity contribution in [2.45, 2.75) is 33.2 Å². The van der Waals surface area contributed by atoms with E-state index in [0.717, 1.165) is 6.42 Å². The molecule has 24 heavy (non-hydrogen) atoms. The quantitative estimate of drug-likeness (QED) is 0.912. The number of hydrogen-bond donors (Lipinski definition) is 1. The first kappa shape index (κ1) is 16.6. The Morgan fingerprint density at radius 1 is 1.33 bits per heavy atom. The third-order valence-corrected chi connectivity index (χ3v) is 4.63. The van der Waals surface area contributed by atoms with E-state index in [4.69, 9.17) is 5.73 Å². The summed E-state index contributed by atoms with van der Waals surface area (Å²) in [6.45, 7) is 7.08. The fraction of sp³-hybridized carbons (Fsp3) is 0.471. The van der Waals surface area contributed by atoms with Crippen LogP contribution in [0.1, 0.15) is 36.7 Å². The Balaban J connectivity index is 1.84. The molecule has 1 aliphatic heterocycles. The van der Waals surface area contributed by atoms with Crippen LogP contribution in [0.2, 0.25) is 0 Å². The zero-order chi connectivity index (χ0) is 17.5. The van der Waals surface area contributed by atoms with Gasteiger partial charge in [0.25, 0.3) is 5.91 Å². The van der Waals surface area contributed by atoms with Crippen LogP contribution in [0, 0.1) is 18.2 Å². The first-order valence-corrected chi connectivity index (χ1v) is 8.02. The number of nitrogens with zero attached hydrogens (tertiary/aromatic N) is 4. The van der Waals surface area contributed by atoms with Crippen LogP contribution >= 0.6 is 0 Å². The molecule has 128 valence electrons. The molecule has 3 rings (SSSR count). The van der Waals surface area contributed by atoms with Crippen LogP contribution in [0.5, 0.6) is 0 Å². The predicted molar refractivity (Wildman–Crippen MR) is 88.3 cm³/mol. The van der Waals surface area contributed by atoms with E-state index in [1.165, 1.54) is 12.1 Å². The number of benzene rings is 1. The van der Waals surface area contributed by atoms with Crippen molar-refractivity contribution in [3.05, 3.63) is 41.7 Å². The average molecular weight is 331 g/mol. The molecule has 0 radical (unpaired) electrons. The minimum Gasteiger partial charge on any atom is -0.335 e. The monoisotopic (exact) mass is 331 g/mol. The van der Waals surface area contributed by atoms with Gasteiger partial charge in [-0.25, -0.2) is 14.1 Å². The van der Waals surface area contributed by atoms with Gasteiger partial charge < -0.3 is 10.6 Å². The number of piperidine rings is 1. The zero-order valence-corrected chi connectivity index (χ0v) is 14.2. The number of rotatable bonds is 2. The van der Waals surface area contributed by atoms with Crippen molar-refractivity contribution in [3.8, 4) is 5.69 Å². The van der Waals surface area contributed by atoms with Gasteiger partial charge in [-0.2, -0.15) is 0 Å². The van der Waals surface area contributed by atoms with Gasteiger partial charge in [-0.1, -0.05) is 13.8 Å². The first-order valence-electron chi connectivity index (χ1n) is 8.02. The molecule has 0 aliphatic carbocycles. The lowest BCUT2D eigenvalue weighted by Crippen LogP contribution is -2.54. The summed E-state index contributed by atoms with van der Waals surface area (Å²) in [5.41, 5.74) is 6.66. The van der Waals surface area contributed by atoms with Crippen LogP contribution in [0.15, 0.2) is 24.3 Å². The van der Waals surface area contributed by atoms with E-state index in [1.54, 1.807) is 28.6 Å². The second kappa shape index (κ2) is 5.98. The molecule has 0 saturated carbocycles. The number of likely N-dealkylation sites (tertiary alicyclic amines) is 1. The maximum absolute atomic E-state index is 13.1. The summed E-state index contributed by atoms with van der Waals surface area (Å²) in [5.74, 6) is 0.222. The molecule has 1 unspecified atom stereocenters. The summed E-state index contributed by atoms with van der Waals surface area (Å²) in [6, 6.07) is 6.00. The lowest BCUT2D eigenvalue weighted by atomic mass is 9.79. The third kappa shape index (κ3) is 3.03. The van der Waals surface area contributed by atoms with Crippen LogP contribution in [0.4, 0.5) is 4.39 Å². The van der Waals surface area contributed by atoms with Crippen LogP contribution < -0.4 is 5.73 Å². The van der Waals surface area contributed by atoms with Crippen LogP contribution in [0.25, 0.3) is 5.69 Å². The lowest BCUT2D eigenvalue weighted by Gasteiger charge is -2.42. The molecule has 1 saturated heterocycles. The van der Waals surface area contributed by atoms with Gasteiger partial charge in [0.1, 0.15) is 11.6 Å². The summed E-state index contributed by atoms with van der Waals surface area (Å²) in [6.07, 6.45) is 0.760. The lowest BCUT2D eigenvalue weighted by molar-refractivity contribution is 0.0521. The van der Waals surface area contributed by atoms with Gasteiger partial charge in [0.15, 0.2) is 0 Å². The molecule has 1 aliphatic rings. The molecule has 2 aromatic rings. The molecule has 1 fully saturated rings. The number of carbonyl (C=O) groups excluding carboxylic acids is 1. The van der Waals surface area contributed by atoms with Crippen molar-refractivity contribution >= 4 is 5.91 Å². The Bertz CT molecular complexity index is 753. The maximum atomic E-state index is 13.1. The highest BCUT2D eigenvalue weighted by atomic mass is 19.1. The van der Waals surface area contributed by atoms with Crippen molar-refractivity contribution in [1.29, 1.82) is 0 Å². The summed E-state index contributed by atoms with van der Waals surface area (Å²) < 4.78 is 14.6. The highest BCUT2D eigenvalue weighted by molar-refractivity contribution is 5.90. The first-order chi connectivity index (χ1) is 11.3. The van der Waals surface area contributed by atoms with Crippen LogP contribution in [-0.4, -0.2) is 44.7 Å². The number of hydrogen-bond acceptors (Lipinski definition) is 4. The molecule has 1 aromatic carbocycles. The minimum absolute atomic E-state index is 0.0769. The van der Waals surface area contributed by atoms with Crippen molar-refractivity contribution < 1.29 is 9.18 Å². The van der Waals surface area contributed by atoms with Crippen molar-refractivity contribution in [3.63, 3.8) is 0 Å². The number of halogens is 1. The molecule has 0 bridgehead atoms. The summed E-state index contributed by atoms with van der Waals surface area (Å²) >= 11 is 0. The van der Waals surface area contributed by atoms with Crippen molar-refractivity contribution in [2.75, 3.05) is 13.1 Å². The minimum atomic E-state index is -0.320. The van der Waals surface area contributed by atoms with Gasteiger partial charge in [0.05, 0.1) is 5.69 Å². The highest BCUT2D eigenvalue weighted by Crippen LogP contribution is 2.28. The van der Waals surface area contributed by atoms with Gasteiger partial charge in [0, 0.05) is 19.1 Å². The molecule has 1 atom stereocenters. The molecular formula is C17H22FN5O. The standard InChI is InChI=1S/C17H22FN5O/c1-11-20-15(21-23(11)13-6-4-12(18)5-7-13)16(24)22-9-8-14(19)17(2,3)10-22/h4-7,14H,8-10,19H2,1-3H3. The second-order valence-electron chi connectivity index (χ2n) is 6.98. The Kier molecular flexibility index (Phi) is 4.13. The van der Waals surface area contributed by atoms with Crippen molar-refractivity contribution in [2.24, 2.45) is 11.1 Å². The Hall–Kier alpha value is -2.28. The van der Waals surface area contributed by atoms with Gasteiger partial charge in [-0.05, 0) is 43.0 Å². The number of aryl methyl sites for hydroxylation is 1. The fourth-order valence-corrected chi connectivity index (χ4v) is 3.00. The fourth-order valence-electron chi connectivity index (χ4n) is 3.00. The predicted octanol–water partition coefficient (Wildman–Crippen LogP) is 1.91. The highest BCUT2D eigenvalue weighted by Gasteiger charge is 2.36. The van der Waals surface area contributed by atoms with Gasteiger partial charge >= 0.3 is 0 Å². The number of aromatic nitrogens is 3. The Labute approximate surface area is 140 Å². The molecule has 2 heterocycles. The topological polar surface area (TPSA) is 77.0 Å². The number of nitrogens with two attached hydrogens (primary N) is 1. The normalized spacial score (nSPS) is 20.2. The van der Waals surface area contributed by atoms with E-state index in [1.807, 2.05) is 0 Å². The molecule has 6 nitrogen and oxygen atoms in total. The van der Waals surface area contributed by atoms with Crippen LogP contribution in [0.3, 0.4) is 0 Å². The van der Waals surface area contributed by atoms with Gasteiger partial charge in [-0.15, -0.1) is 5.10 Å². The van der Waals surface area contributed by atoms with E-state index < -0.39 is 0 Å².